The fraction of sp³-hybridized carbons (Fsp3) is 0.0870. The van der Waals surface area contributed by atoms with E-state index in [1.807, 2.05) is 38.1 Å². The average Bonchev–Trinajstić information content (AvgIpc) is 2.74. The zero-order valence-corrected chi connectivity index (χ0v) is 17.8. The topological polar surface area (TPSA) is 64.0 Å². The summed E-state index contributed by atoms with van der Waals surface area (Å²) in [4.78, 5) is 30.8. The first-order valence-electron chi connectivity index (χ1n) is 9.21. The van der Waals surface area contributed by atoms with Crippen LogP contribution in [0.15, 0.2) is 65.5 Å². The number of fused-ring (bicyclic) bond motifs is 1. The van der Waals surface area contributed by atoms with E-state index in [1.165, 1.54) is 16.8 Å². The van der Waals surface area contributed by atoms with Gasteiger partial charge in [0.05, 0.1) is 20.9 Å². The quantitative estimate of drug-likeness (QED) is 0.468. The van der Waals surface area contributed by atoms with Crippen molar-refractivity contribution < 1.29 is 4.79 Å². The lowest BCUT2D eigenvalue weighted by Crippen LogP contribution is -2.35. The third kappa shape index (κ3) is 3.70. The molecule has 150 valence electrons. The van der Waals surface area contributed by atoms with E-state index >= 15 is 0 Å². The molecular weight excluding hydrogens is 421 g/mol. The second kappa shape index (κ2) is 7.94. The molecule has 1 aromatic heterocycles. The second-order valence-corrected chi connectivity index (χ2v) is 7.78. The predicted octanol–water partition coefficient (Wildman–Crippen LogP) is 5.37. The third-order valence-corrected chi connectivity index (χ3v) is 5.67. The number of amides is 1. The summed E-state index contributed by atoms with van der Waals surface area (Å²) in [7, 11) is 0. The largest absolute Gasteiger partial charge is 0.280 e. The lowest BCUT2D eigenvalue weighted by Gasteiger charge is -2.15. The average molecular weight is 438 g/mol. The standard InChI is InChI=1S/C23H17Cl2N3O2/c1-13-7-8-15(11-14(13)2)21-26-20-6-4-3-5-17(20)23(30)28(21)27-22(29)16-9-10-18(24)19(25)12-16/h3-12H,1-2H3,(H,27,29). The van der Waals surface area contributed by atoms with Gasteiger partial charge in [0.25, 0.3) is 11.5 Å². The normalized spacial score (nSPS) is 10.9. The van der Waals surface area contributed by atoms with E-state index in [-0.39, 0.29) is 16.1 Å². The number of para-hydroxylation sites is 1. The monoisotopic (exact) mass is 437 g/mol. The number of rotatable bonds is 3. The van der Waals surface area contributed by atoms with Crippen LogP contribution in [0.5, 0.6) is 0 Å². The zero-order valence-electron chi connectivity index (χ0n) is 16.2. The molecule has 0 aliphatic carbocycles. The Kier molecular flexibility index (Phi) is 5.33. The van der Waals surface area contributed by atoms with E-state index in [4.69, 9.17) is 23.2 Å². The maximum absolute atomic E-state index is 13.2. The van der Waals surface area contributed by atoms with Crippen molar-refractivity contribution in [3.8, 4) is 11.4 Å². The minimum atomic E-state index is -0.502. The molecule has 0 radical (unpaired) electrons. The summed E-state index contributed by atoms with van der Waals surface area (Å²) in [5.74, 6) is -0.159. The SMILES string of the molecule is Cc1ccc(-c2nc3ccccc3c(=O)n2NC(=O)c2ccc(Cl)c(Cl)c2)cc1C. The number of carbonyl (C=O) groups is 1. The van der Waals surface area contributed by atoms with Crippen LogP contribution in [-0.2, 0) is 0 Å². The van der Waals surface area contributed by atoms with Crippen molar-refractivity contribution in [2.75, 3.05) is 5.43 Å². The van der Waals surface area contributed by atoms with Crippen LogP contribution in [0, 0.1) is 13.8 Å². The molecule has 0 aliphatic heterocycles. The number of carbonyl (C=O) groups excluding carboxylic acids is 1. The smallest absolute Gasteiger partial charge is 0.267 e. The zero-order chi connectivity index (χ0) is 21.4. The molecule has 0 aliphatic rings. The molecule has 0 spiro atoms. The Hall–Kier alpha value is -3.15. The first-order chi connectivity index (χ1) is 14.3. The van der Waals surface area contributed by atoms with Gasteiger partial charge in [0.2, 0.25) is 0 Å². The van der Waals surface area contributed by atoms with Gasteiger partial charge in [-0.2, -0.15) is 4.68 Å². The van der Waals surface area contributed by atoms with E-state index in [2.05, 4.69) is 10.4 Å². The second-order valence-electron chi connectivity index (χ2n) is 6.96. The van der Waals surface area contributed by atoms with Gasteiger partial charge in [-0.3, -0.25) is 15.0 Å². The molecule has 0 saturated carbocycles. The van der Waals surface area contributed by atoms with Gasteiger partial charge >= 0.3 is 0 Å². The minimum Gasteiger partial charge on any atom is -0.267 e. The van der Waals surface area contributed by atoms with Gasteiger partial charge < -0.3 is 0 Å². The first kappa shape index (κ1) is 20.1. The number of hydrogen-bond donors (Lipinski definition) is 1. The van der Waals surface area contributed by atoms with Gasteiger partial charge in [0.15, 0.2) is 5.82 Å². The van der Waals surface area contributed by atoms with Crippen LogP contribution >= 0.6 is 23.2 Å². The first-order valence-corrected chi connectivity index (χ1v) is 9.96. The highest BCUT2D eigenvalue weighted by molar-refractivity contribution is 6.42. The lowest BCUT2D eigenvalue weighted by atomic mass is 10.1. The molecule has 0 bridgehead atoms. The molecule has 4 aromatic rings. The summed E-state index contributed by atoms with van der Waals surface area (Å²) in [6.45, 7) is 3.99. The Balaban J connectivity index is 1.89. The molecule has 4 rings (SSSR count). The number of hydrogen-bond acceptors (Lipinski definition) is 3. The molecule has 1 N–H and O–H groups in total. The number of nitrogens with one attached hydrogen (secondary N) is 1. The van der Waals surface area contributed by atoms with Crippen LogP contribution in [0.4, 0.5) is 0 Å². The molecule has 1 heterocycles. The van der Waals surface area contributed by atoms with E-state index in [9.17, 15) is 9.59 Å². The Morgan fingerprint density at radius 1 is 0.933 bits per heavy atom. The molecule has 5 nitrogen and oxygen atoms in total. The van der Waals surface area contributed by atoms with Crippen molar-refractivity contribution in [1.29, 1.82) is 0 Å². The van der Waals surface area contributed by atoms with Crippen LogP contribution < -0.4 is 11.0 Å². The van der Waals surface area contributed by atoms with Gasteiger partial charge in [0.1, 0.15) is 0 Å². The van der Waals surface area contributed by atoms with Gasteiger partial charge in [-0.15, -0.1) is 0 Å². The number of benzene rings is 3. The Morgan fingerprint density at radius 2 is 1.70 bits per heavy atom. The maximum Gasteiger partial charge on any atom is 0.280 e. The van der Waals surface area contributed by atoms with E-state index in [1.54, 1.807) is 24.3 Å². The van der Waals surface area contributed by atoms with Gasteiger partial charge in [0, 0.05) is 11.1 Å². The van der Waals surface area contributed by atoms with Crippen LogP contribution in [0.25, 0.3) is 22.3 Å². The summed E-state index contributed by atoms with van der Waals surface area (Å²) >= 11 is 12.0. The van der Waals surface area contributed by atoms with Gasteiger partial charge in [-0.05, 0) is 61.4 Å². The number of nitrogens with zero attached hydrogens (tertiary/aromatic N) is 2. The highest BCUT2D eigenvalue weighted by Gasteiger charge is 2.17. The summed E-state index contributed by atoms with van der Waals surface area (Å²) in [5.41, 5.74) is 6.01. The van der Waals surface area contributed by atoms with E-state index in [0.717, 1.165) is 16.7 Å². The third-order valence-electron chi connectivity index (χ3n) is 4.94. The van der Waals surface area contributed by atoms with Crippen LogP contribution in [0.2, 0.25) is 10.0 Å². The molecule has 0 unspecified atom stereocenters. The van der Waals surface area contributed by atoms with Crippen molar-refractivity contribution in [3.05, 3.63) is 97.8 Å². The molecular formula is C23H17Cl2N3O2. The van der Waals surface area contributed by atoms with Crippen molar-refractivity contribution in [1.82, 2.24) is 9.66 Å². The van der Waals surface area contributed by atoms with Crippen molar-refractivity contribution >= 4 is 40.0 Å². The van der Waals surface area contributed by atoms with Crippen molar-refractivity contribution in [2.24, 2.45) is 0 Å². The summed E-state index contributed by atoms with van der Waals surface area (Å²) in [5, 5.41) is 0.996. The molecule has 1 amide bonds. The Labute approximate surface area is 182 Å². The number of aromatic nitrogens is 2. The van der Waals surface area contributed by atoms with Crippen molar-refractivity contribution in [2.45, 2.75) is 13.8 Å². The summed E-state index contributed by atoms with van der Waals surface area (Å²) < 4.78 is 1.18. The maximum atomic E-state index is 13.2. The molecule has 0 atom stereocenters. The molecule has 30 heavy (non-hydrogen) atoms. The minimum absolute atomic E-state index is 0.252. The highest BCUT2D eigenvalue weighted by Crippen LogP contribution is 2.24. The van der Waals surface area contributed by atoms with Crippen LogP contribution in [-0.4, -0.2) is 15.6 Å². The summed E-state index contributed by atoms with van der Waals surface area (Å²) in [6.07, 6.45) is 0. The number of aryl methyl sites for hydroxylation is 2. The highest BCUT2D eigenvalue weighted by atomic mass is 35.5. The van der Waals surface area contributed by atoms with Gasteiger partial charge in [-0.25, -0.2) is 4.98 Å². The van der Waals surface area contributed by atoms with Gasteiger partial charge in [-0.1, -0.05) is 47.5 Å². The van der Waals surface area contributed by atoms with E-state index in [0.29, 0.717) is 21.7 Å². The fourth-order valence-electron chi connectivity index (χ4n) is 3.11. The van der Waals surface area contributed by atoms with Crippen LogP contribution in [0.1, 0.15) is 21.5 Å². The molecule has 0 fully saturated rings. The fourth-order valence-corrected chi connectivity index (χ4v) is 3.41. The molecule has 0 saturated heterocycles. The summed E-state index contributed by atoms with van der Waals surface area (Å²) in [6, 6.07) is 17.3. The Morgan fingerprint density at radius 3 is 2.43 bits per heavy atom. The molecule has 7 heteroatoms. The van der Waals surface area contributed by atoms with E-state index < -0.39 is 5.91 Å². The van der Waals surface area contributed by atoms with Crippen LogP contribution in [0.3, 0.4) is 0 Å². The lowest BCUT2D eigenvalue weighted by molar-refractivity contribution is 0.101. The number of halogens is 2. The predicted molar refractivity (Wildman–Crippen MR) is 121 cm³/mol. The van der Waals surface area contributed by atoms with Crippen molar-refractivity contribution in [3.63, 3.8) is 0 Å². The molecule has 3 aromatic carbocycles. The Bertz CT molecular complexity index is 1360.